The fourth-order valence-electron chi connectivity index (χ4n) is 1.44. The lowest BCUT2D eigenvalue weighted by molar-refractivity contribution is 0.0635. The predicted molar refractivity (Wildman–Crippen MR) is 71.0 cm³/mol. The second-order valence-corrected chi connectivity index (χ2v) is 5.27. The van der Waals surface area contributed by atoms with Crippen LogP contribution in [0, 0.1) is 0 Å². The third-order valence-corrected chi connectivity index (χ3v) is 2.40. The number of anilines is 1. The van der Waals surface area contributed by atoms with Crippen molar-refractivity contribution < 1.29 is 9.53 Å². The summed E-state index contributed by atoms with van der Waals surface area (Å²) in [5.41, 5.74) is 0.0954. The molecule has 0 unspecified atom stereocenters. The second kappa shape index (κ2) is 4.49. The lowest BCUT2D eigenvalue weighted by atomic mass is 10.2. The summed E-state index contributed by atoms with van der Waals surface area (Å²) in [4.78, 5) is 18.8. The standard InChI is InChI=1S/C12H14ClN3O2/c1-12(2,3)18-11(17)16-10-8(13)6-7-4-5-14-9(7)15-10/h4-6H,1-3H3,(H2,14,15,16,17). The fraction of sp³-hybridized carbons (Fsp3) is 0.333. The molecule has 0 spiro atoms. The molecule has 18 heavy (non-hydrogen) atoms. The van der Waals surface area contributed by atoms with Gasteiger partial charge < -0.3 is 9.72 Å². The molecule has 0 atom stereocenters. The van der Waals surface area contributed by atoms with Gasteiger partial charge in [-0.3, -0.25) is 5.32 Å². The lowest BCUT2D eigenvalue weighted by Gasteiger charge is -2.19. The van der Waals surface area contributed by atoms with Crippen molar-refractivity contribution in [2.24, 2.45) is 0 Å². The van der Waals surface area contributed by atoms with Gasteiger partial charge in [0.25, 0.3) is 0 Å². The molecule has 0 fully saturated rings. The van der Waals surface area contributed by atoms with Gasteiger partial charge in [0, 0.05) is 11.6 Å². The third-order valence-electron chi connectivity index (χ3n) is 2.11. The minimum Gasteiger partial charge on any atom is -0.444 e. The van der Waals surface area contributed by atoms with Gasteiger partial charge in [-0.25, -0.2) is 9.78 Å². The Hall–Kier alpha value is -1.75. The van der Waals surface area contributed by atoms with Crippen LogP contribution in [0.4, 0.5) is 10.6 Å². The van der Waals surface area contributed by atoms with Crippen molar-refractivity contribution in [1.29, 1.82) is 0 Å². The summed E-state index contributed by atoms with van der Waals surface area (Å²) < 4.78 is 5.13. The molecule has 2 N–H and O–H groups in total. The highest BCUT2D eigenvalue weighted by atomic mass is 35.5. The molecule has 1 amide bonds. The number of ether oxygens (including phenoxy) is 1. The Kier molecular flexibility index (Phi) is 3.17. The molecule has 0 saturated carbocycles. The first-order valence-corrected chi connectivity index (χ1v) is 5.86. The first-order valence-electron chi connectivity index (χ1n) is 5.49. The molecule has 0 saturated heterocycles. The van der Waals surface area contributed by atoms with Gasteiger partial charge in [0.15, 0.2) is 5.82 Å². The van der Waals surface area contributed by atoms with Crippen molar-refractivity contribution in [2.45, 2.75) is 26.4 Å². The van der Waals surface area contributed by atoms with Gasteiger partial charge in [-0.05, 0) is 32.9 Å². The number of rotatable bonds is 1. The smallest absolute Gasteiger partial charge is 0.413 e. The van der Waals surface area contributed by atoms with Gasteiger partial charge in [-0.15, -0.1) is 0 Å². The number of hydrogen-bond donors (Lipinski definition) is 2. The summed E-state index contributed by atoms with van der Waals surface area (Å²) >= 11 is 6.03. The zero-order chi connectivity index (χ0) is 13.3. The Morgan fingerprint density at radius 2 is 2.22 bits per heavy atom. The molecule has 2 heterocycles. The fourth-order valence-corrected chi connectivity index (χ4v) is 1.65. The van der Waals surface area contributed by atoms with Gasteiger partial charge in [-0.1, -0.05) is 11.6 Å². The topological polar surface area (TPSA) is 67.0 Å². The molecule has 96 valence electrons. The number of fused-ring (bicyclic) bond motifs is 1. The number of carbonyl (C=O) groups excluding carboxylic acids is 1. The molecule has 6 heteroatoms. The summed E-state index contributed by atoms with van der Waals surface area (Å²) in [5, 5.41) is 3.78. The summed E-state index contributed by atoms with van der Waals surface area (Å²) in [6.45, 7) is 5.36. The van der Waals surface area contributed by atoms with Crippen LogP contribution in [0.5, 0.6) is 0 Å². The highest BCUT2D eigenvalue weighted by molar-refractivity contribution is 6.34. The summed E-state index contributed by atoms with van der Waals surface area (Å²) in [6, 6.07) is 3.58. The zero-order valence-corrected chi connectivity index (χ0v) is 11.1. The monoisotopic (exact) mass is 267 g/mol. The molecule has 0 radical (unpaired) electrons. The van der Waals surface area contributed by atoms with Crippen molar-refractivity contribution in [3.8, 4) is 0 Å². The Morgan fingerprint density at radius 1 is 1.50 bits per heavy atom. The van der Waals surface area contributed by atoms with Crippen LogP contribution >= 0.6 is 11.6 Å². The zero-order valence-electron chi connectivity index (χ0n) is 10.4. The van der Waals surface area contributed by atoms with E-state index >= 15 is 0 Å². The van der Waals surface area contributed by atoms with Crippen LogP contribution in [0.1, 0.15) is 20.8 Å². The van der Waals surface area contributed by atoms with E-state index in [0.717, 1.165) is 5.39 Å². The second-order valence-electron chi connectivity index (χ2n) is 4.86. The molecule has 2 aromatic heterocycles. The maximum Gasteiger partial charge on any atom is 0.413 e. The maximum atomic E-state index is 11.6. The van der Waals surface area contributed by atoms with E-state index < -0.39 is 11.7 Å². The van der Waals surface area contributed by atoms with E-state index in [0.29, 0.717) is 10.7 Å². The predicted octanol–water partition coefficient (Wildman–Crippen LogP) is 3.56. The largest absolute Gasteiger partial charge is 0.444 e. The number of hydrogen-bond acceptors (Lipinski definition) is 3. The third kappa shape index (κ3) is 2.92. The molecule has 0 aliphatic carbocycles. The van der Waals surface area contributed by atoms with E-state index in [2.05, 4.69) is 15.3 Å². The summed E-state index contributed by atoms with van der Waals surface area (Å²) in [5.74, 6) is 0.279. The average molecular weight is 268 g/mol. The Morgan fingerprint density at radius 3 is 2.89 bits per heavy atom. The number of halogens is 1. The van der Waals surface area contributed by atoms with Crippen LogP contribution in [-0.2, 0) is 4.74 Å². The minimum absolute atomic E-state index is 0.279. The normalized spacial score (nSPS) is 11.6. The van der Waals surface area contributed by atoms with Crippen molar-refractivity contribution in [3.05, 3.63) is 23.4 Å². The van der Waals surface area contributed by atoms with Crippen molar-refractivity contribution >= 4 is 34.5 Å². The molecule has 2 aromatic rings. The van der Waals surface area contributed by atoms with Crippen LogP contribution in [0.2, 0.25) is 5.02 Å². The van der Waals surface area contributed by atoms with Crippen LogP contribution in [0.15, 0.2) is 18.3 Å². The van der Waals surface area contributed by atoms with Gasteiger partial charge in [0.1, 0.15) is 11.2 Å². The van der Waals surface area contributed by atoms with E-state index in [9.17, 15) is 4.79 Å². The maximum absolute atomic E-state index is 11.6. The van der Waals surface area contributed by atoms with Crippen molar-refractivity contribution in [2.75, 3.05) is 5.32 Å². The Balaban J connectivity index is 2.20. The number of nitrogens with zero attached hydrogens (tertiary/aromatic N) is 1. The molecule has 0 aromatic carbocycles. The van der Waals surface area contributed by atoms with Crippen LogP contribution in [0.25, 0.3) is 11.0 Å². The minimum atomic E-state index is -0.581. The highest BCUT2D eigenvalue weighted by Gasteiger charge is 2.17. The van der Waals surface area contributed by atoms with E-state index in [1.807, 2.05) is 6.07 Å². The molecule has 0 bridgehead atoms. The van der Waals surface area contributed by atoms with Crippen LogP contribution < -0.4 is 5.32 Å². The van der Waals surface area contributed by atoms with Crippen molar-refractivity contribution in [3.63, 3.8) is 0 Å². The number of aromatic nitrogens is 2. The van der Waals surface area contributed by atoms with Crippen LogP contribution in [0.3, 0.4) is 0 Å². The lowest BCUT2D eigenvalue weighted by Crippen LogP contribution is -2.27. The molecule has 0 aliphatic heterocycles. The average Bonchev–Trinajstić information content (AvgIpc) is 2.62. The summed E-state index contributed by atoms with van der Waals surface area (Å²) in [7, 11) is 0. The SMILES string of the molecule is CC(C)(C)OC(=O)Nc1nc2[nH]ccc2cc1Cl. The molecule has 0 aliphatic rings. The van der Waals surface area contributed by atoms with Crippen LogP contribution in [-0.4, -0.2) is 21.7 Å². The number of nitrogens with one attached hydrogen (secondary N) is 2. The summed E-state index contributed by atoms with van der Waals surface area (Å²) in [6.07, 6.45) is 1.17. The quantitative estimate of drug-likeness (QED) is 0.830. The molecule has 2 rings (SSSR count). The Labute approximate surface area is 109 Å². The van der Waals surface area contributed by atoms with E-state index in [4.69, 9.17) is 16.3 Å². The first-order chi connectivity index (χ1) is 8.35. The van der Waals surface area contributed by atoms with E-state index in [1.54, 1.807) is 33.0 Å². The van der Waals surface area contributed by atoms with Crippen molar-refractivity contribution in [1.82, 2.24) is 9.97 Å². The van der Waals surface area contributed by atoms with Gasteiger partial charge in [0.05, 0.1) is 5.02 Å². The molecular weight excluding hydrogens is 254 g/mol. The molecular formula is C12H14ClN3O2. The number of carbonyl (C=O) groups is 1. The number of H-pyrrole nitrogens is 1. The number of aromatic amines is 1. The highest BCUT2D eigenvalue weighted by Crippen LogP contribution is 2.24. The number of pyridine rings is 1. The first kappa shape index (κ1) is 12.7. The van der Waals surface area contributed by atoms with E-state index in [1.165, 1.54) is 0 Å². The van der Waals surface area contributed by atoms with Gasteiger partial charge >= 0.3 is 6.09 Å². The Bertz CT molecular complexity index is 587. The molecule has 5 nitrogen and oxygen atoms in total. The van der Waals surface area contributed by atoms with Gasteiger partial charge in [0.2, 0.25) is 0 Å². The van der Waals surface area contributed by atoms with Gasteiger partial charge in [-0.2, -0.15) is 0 Å². The van der Waals surface area contributed by atoms with E-state index in [-0.39, 0.29) is 5.82 Å². The number of amides is 1.